The molecule has 0 aliphatic carbocycles. The van der Waals surface area contributed by atoms with Crippen LogP contribution in [0.5, 0.6) is 0 Å². The average molecular weight is 225 g/mol. The standard InChI is InChI=1S/C14H15N3/c1-3-6-17-10-13(9-16-17)14-7-12(8-15)5-4-11(14)2/h4-5,7,9-10H,3,6H2,1-2H3. The third kappa shape index (κ3) is 2.36. The molecule has 0 spiro atoms. The van der Waals surface area contributed by atoms with Crippen LogP contribution in [0.25, 0.3) is 11.1 Å². The predicted molar refractivity (Wildman–Crippen MR) is 67.4 cm³/mol. The lowest BCUT2D eigenvalue weighted by atomic mass is 10.0. The van der Waals surface area contributed by atoms with Crippen molar-refractivity contribution in [3.8, 4) is 17.2 Å². The Morgan fingerprint density at radius 1 is 1.41 bits per heavy atom. The van der Waals surface area contributed by atoms with Gasteiger partial charge in [-0.05, 0) is 36.6 Å². The first kappa shape index (κ1) is 11.4. The van der Waals surface area contributed by atoms with E-state index in [-0.39, 0.29) is 0 Å². The Kier molecular flexibility index (Phi) is 3.24. The molecule has 0 unspecified atom stereocenters. The number of rotatable bonds is 3. The summed E-state index contributed by atoms with van der Waals surface area (Å²) in [5, 5.41) is 13.2. The minimum absolute atomic E-state index is 0.689. The van der Waals surface area contributed by atoms with Gasteiger partial charge in [-0.1, -0.05) is 13.0 Å². The van der Waals surface area contributed by atoms with Gasteiger partial charge in [0, 0.05) is 18.3 Å². The lowest BCUT2D eigenvalue weighted by Gasteiger charge is -2.03. The van der Waals surface area contributed by atoms with Crippen LogP contribution in [-0.2, 0) is 6.54 Å². The molecule has 0 amide bonds. The Hall–Kier alpha value is -2.08. The SMILES string of the molecule is CCCn1cc(-c2cc(C#N)ccc2C)cn1. The number of nitriles is 1. The Bertz CT molecular complexity index is 561. The van der Waals surface area contributed by atoms with Gasteiger partial charge in [0.15, 0.2) is 0 Å². The summed E-state index contributed by atoms with van der Waals surface area (Å²) in [5.74, 6) is 0. The Morgan fingerprint density at radius 2 is 2.24 bits per heavy atom. The Morgan fingerprint density at radius 3 is 2.94 bits per heavy atom. The van der Waals surface area contributed by atoms with E-state index in [0.717, 1.165) is 24.1 Å². The monoisotopic (exact) mass is 225 g/mol. The van der Waals surface area contributed by atoms with Crippen molar-refractivity contribution in [3.05, 3.63) is 41.7 Å². The molecule has 1 aromatic carbocycles. The van der Waals surface area contributed by atoms with Crippen molar-refractivity contribution in [2.24, 2.45) is 0 Å². The van der Waals surface area contributed by atoms with Crippen molar-refractivity contribution in [1.82, 2.24) is 9.78 Å². The molecule has 0 radical (unpaired) electrons. The molecule has 2 aromatic rings. The molecule has 0 bridgehead atoms. The third-order valence-electron chi connectivity index (χ3n) is 2.76. The van der Waals surface area contributed by atoms with Gasteiger partial charge in [-0.2, -0.15) is 10.4 Å². The number of nitrogens with zero attached hydrogens (tertiary/aromatic N) is 3. The number of hydrogen-bond acceptors (Lipinski definition) is 2. The summed E-state index contributed by atoms with van der Waals surface area (Å²) < 4.78 is 1.94. The Balaban J connectivity index is 2.41. The van der Waals surface area contributed by atoms with E-state index in [1.54, 1.807) is 0 Å². The fourth-order valence-electron chi connectivity index (χ4n) is 1.86. The highest BCUT2D eigenvalue weighted by atomic mass is 15.3. The second kappa shape index (κ2) is 4.84. The van der Waals surface area contributed by atoms with E-state index in [4.69, 9.17) is 5.26 Å². The van der Waals surface area contributed by atoms with Crippen LogP contribution in [0.2, 0.25) is 0 Å². The fraction of sp³-hybridized carbons (Fsp3) is 0.286. The molecule has 0 aliphatic rings. The number of aryl methyl sites for hydroxylation is 2. The van der Waals surface area contributed by atoms with Crippen LogP contribution in [0.15, 0.2) is 30.6 Å². The average Bonchev–Trinajstić information content (AvgIpc) is 2.79. The highest BCUT2D eigenvalue weighted by Gasteiger charge is 2.05. The van der Waals surface area contributed by atoms with E-state index in [0.29, 0.717) is 5.56 Å². The second-order valence-electron chi connectivity index (χ2n) is 4.13. The minimum atomic E-state index is 0.689. The zero-order valence-electron chi connectivity index (χ0n) is 10.1. The fourth-order valence-corrected chi connectivity index (χ4v) is 1.86. The number of benzene rings is 1. The first-order chi connectivity index (χ1) is 8.24. The second-order valence-corrected chi connectivity index (χ2v) is 4.13. The maximum absolute atomic E-state index is 8.92. The summed E-state index contributed by atoms with van der Waals surface area (Å²) >= 11 is 0. The molecular weight excluding hydrogens is 210 g/mol. The van der Waals surface area contributed by atoms with E-state index in [1.807, 2.05) is 42.2 Å². The van der Waals surface area contributed by atoms with E-state index in [2.05, 4.69) is 18.1 Å². The zero-order valence-corrected chi connectivity index (χ0v) is 10.1. The molecule has 17 heavy (non-hydrogen) atoms. The predicted octanol–water partition coefficient (Wildman–Crippen LogP) is 3.14. The van der Waals surface area contributed by atoms with Crippen molar-refractivity contribution in [2.75, 3.05) is 0 Å². The van der Waals surface area contributed by atoms with E-state index < -0.39 is 0 Å². The maximum atomic E-state index is 8.92. The van der Waals surface area contributed by atoms with E-state index in [1.165, 1.54) is 5.56 Å². The summed E-state index contributed by atoms with van der Waals surface area (Å²) in [4.78, 5) is 0. The van der Waals surface area contributed by atoms with Crippen molar-refractivity contribution in [2.45, 2.75) is 26.8 Å². The van der Waals surface area contributed by atoms with E-state index >= 15 is 0 Å². The summed E-state index contributed by atoms with van der Waals surface area (Å²) in [6.07, 6.45) is 4.96. The largest absolute Gasteiger partial charge is 0.272 e. The highest BCUT2D eigenvalue weighted by molar-refractivity contribution is 5.67. The van der Waals surface area contributed by atoms with Gasteiger partial charge in [0.2, 0.25) is 0 Å². The molecule has 0 fully saturated rings. The van der Waals surface area contributed by atoms with Crippen LogP contribution in [0.3, 0.4) is 0 Å². The number of hydrogen-bond donors (Lipinski definition) is 0. The third-order valence-corrected chi connectivity index (χ3v) is 2.76. The van der Waals surface area contributed by atoms with Gasteiger partial charge in [-0.25, -0.2) is 0 Å². The molecule has 2 rings (SSSR count). The molecule has 3 heteroatoms. The molecule has 0 aliphatic heterocycles. The molecule has 86 valence electrons. The molecular formula is C14H15N3. The van der Waals surface area contributed by atoms with Gasteiger partial charge < -0.3 is 0 Å². The van der Waals surface area contributed by atoms with Gasteiger partial charge in [-0.3, -0.25) is 4.68 Å². The van der Waals surface area contributed by atoms with Crippen molar-refractivity contribution in [1.29, 1.82) is 5.26 Å². The maximum Gasteiger partial charge on any atom is 0.0991 e. The molecule has 1 aromatic heterocycles. The zero-order chi connectivity index (χ0) is 12.3. The summed E-state index contributed by atoms with van der Waals surface area (Å²) in [7, 11) is 0. The summed E-state index contributed by atoms with van der Waals surface area (Å²) in [5.41, 5.74) is 4.02. The lowest BCUT2D eigenvalue weighted by molar-refractivity contribution is 0.603. The molecule has 3 nitrogen and oxygen atoms in total. The smallest absolute Gasteiger partial charge is 0.0991 e. The van der Waals surface area contributed by atoms with Crippen LogP contribution in [0.4, 0.5) is 0 Å². The van der Waals surface area contributed by atoms with Gasteiger partial charge in [0.1, 0.15) is 0 Å². The summed E-state index contributed by atoms with van der Waals surface area (Å²) in [6, 6.07) is 7.91. The molecule has 0 N–H and O–H groups in total. The molecule has 0 saturated carbocycles. The van der Waals surface area contributed by atoms with Crippen LogP contribution in [0, 0.1) is 18.3 Å². The highest BCUT2D eigenvalue weighted by Crippen LogP contribution is 2.23. The molecule has 0 atom stereocenters. The minimum Gasteiger partial charge on any atom is -0.272 e. The van der Waals surface area contributed by atoms with Crippen LogP contribution < -0.4 is 0 Å². The lowest BCUT2D eigenvalue weighted by Crippen LogP contribution is -1.95. The first-order valence-corrected chi connectivity index (χ1v) is 5.78. The van der Waals surface area contributed by atoms with Crippen LogP contribution >= 0.6 is 0 Å². The first-order valence-electron chi connectivity index (χ1n) is 5.78. The van der Waals surface area contributed by atoms with Crippen molar-refractivity contribution >= 4 is 0 Å². The van der Waals surface area contributed by atoms with Crippen molar-refractivity contribution in [3.63, 3.8) is 0 Å². The Labute approximate surface area is 101 Å². The summed E-state index contributed by atoms with van der Waals surface area (Å²) in [6.45, 7) is 5.10. The topological polar surface area (TPSA) is 41.6 Å². The van der Waals surface area contributed by atoms with Crippen LogP contribution in [-0.4, -0.2) is 9.78 Å². The molecule has 1 heterocycles. The van der Waals surface area contributed by atoms with Gasteiger partial charge in [0.05, 0.1) is 17.8 Å². The van der Waals surface area contributed by atoms with Crippen LogP contribution in [0.1, 0.15) is 24.5 Å². The van der Waals surface area contributed by atoms with Gasteiger partial charge in [-0.15, -0.1) is 0 Å². The normalized spacial score (nSPS) is 10.2. The van der Waals surface area contributed by atoms with Gasteiger partial charge in [0.25, 0.3) is 0 Å². The van der Waals surface area contributed by atoms with E-state index in [9.17, 15) is 0 Å². The van der Waals surface area contributed by atoms with Crippen molar-refractivity contribution < 1.29 is 0 Å². The van der Waals surface area contributed by atoms with Gasteiger partial charge >= 0.3 is 0 Å². The molecule has 0 saturated heterocycles. The quantitative estimate of drug-likeness (QED) is 0.805. The number of aromatic nitrogens is 2.